The molecule has 0 unspecified atom stereocenters. The highest BCUT2D eigenvalue weighted by Gasteiger charge is 2.33. The first-order valence-electron chi connectivity index (χ1n) is 9.20. The summed E-state index contributed by atoms with van der Waals surface area (Å²) in [6.45, 7) is 3.70. The Morgan fingerprint density at radius 1 is 1.25 bits per heavy atom. The van der Waals surface area contributed by atoms with Gasteiger partial charge in [0, 0.05) is 19.6 Å². The Kier molecular flexibility index (Phi) is 6.28. The van der Waals surface area contributed by atoms with Crippen molar-refractivity contribution in [3.63, 3.8) is 0 Å². The number of ether oxygens (including phenoxy) is 1. The van der Waals surface area contributed by atoms with E-state index in [-0.39, 0.29) is 35.9 Å². The van der Waals surface area contributed by atoms with E-state index < -0.39 is 31.7 Å². The van der Waals surface area contributed by atoms with Gasteiger partial charge in [0.05, 0.1) is 46.9 Å². The minimum absolute atomic E-state index is 0.00337. The summed E-state index contributed by atoms with van der Waals surface area (Å²) in [6.07, 6.45) is 0.274. The lowest BCUT2D eigenvalue weighted by atomic mass is 10.1. The zero-order valence-corrected chi connectivity index (χ0v) is 17.3. The zero-order valence-electron chi connectivity index (χ0n) is 15.7. The van der Waals surface area contributed by atoms with Crippen molar-refractivity contribution in [1.29, 1.82) is 0 Å². The van der Waals surface area contributed by atoms with Gasteiger partial charge in [-0.25, -0.2) is 16.8 Å². The number of benzene rings is 1. The molecule has 28 heavy (non-hydrogen) atoms. The van der Waals surface area contributed by atoms with Crippen LogP contribution in [0.5, 0.6) is 0 Å². The Balaban J connectivity index is 1.86. The van der Waals surface area contributed by atoms with E-state index in [1.165, 1.54) is 16.4 Å². The fourth-order valence-electron chi connectivity index (χ4n) is 3.30. The molecule has 1 atom stereocenters. The summed E-state index contributed by atoms with van der Waals surface area (Å²) in [6, 6.07) is 4.53. The summed E-state index contributed by atoms with van der Waals surface area (Å²) < 4.78 is 55.6. The van der Waals surface area contributed by atoms with Crippen molar-refractivity contribution >= 4 is 37.1 Å². The standard InChI is InChI=1S/C17H25N3O6S2/c1-2-18-15-4-3-14(28(24,25)20-6-8-26-9-7-20)11-16(15)19-17(21)13-5-10-27(22,23)12-13/h3-4,11,13,18H,2,5-10,12H2,1H3,(H,19,21)/t13-/m0/s1. The van der Waals surface area contributed by atoms with Gasteiger partial charge in [0.1, 0.15) is 0 Å². The number of hydrogen-bond donors (Lipinski definition) is 2. The second-order valence-corrected chi connectivity index (χ2v) is 11.0. The van der Waals surface area contributed by atoms with E-state index in [0.717, 1.165) is 0 Å². The van der Waals surface area contributed by atoms with Crippen molar-refractivity contribution in [3.8, 4) is 0 Å². The van der Waals surface area contributed by atoms with Crippen LogP contribution < -0.4 is 10.6 Å². The average molecular weight is 432 g/mol. The molecule has 0 bridgehead atoms. The minimum Gasteiger partial charge on any atom is -0.384 e. The number of amides is 1. The lowest BCUT2D eigenvalue weighted by Crippen LogP contribution is -2.40. The summed E-state index contributed by atoms with van der Waals surface area (Å²) in [5, 5.41) is 5.80. The fraction of sp³-hybridized carbons (Fsp3) is 0.588. The number of sulfonamides is 1. The molecule has 2 N–H and O–H groups in total. The number of carbonyl (C=O) groups is 1. The van der Waals surface area contributed by atoms with Crippen LogP contribution in [0.1, 0.15) is 13.3 Å². The van der Waals surface area contributed by atoms with Crippen molar-refractivity contribution in [3.05, 3.63) is 18.2 Å². The molecule has 1 amide bonds. The fourth-order valence-corrected chi connectivity index (χ4v) is 6.48. The molecule has 2 fully saturated rings. The molecule has 0 spiro atoms. The molecule has 1 aromatic rings. The number of nitrogens with one attached hydrogen (secondary N) is 2. The number of carbonyl (C=O) groups excluding carboxylic acids is 1. The molecule has 0 radical (unpaired) electrons. The highest BCUT2D eigenvalue weighted by atomic mass is 32.2. The number of rotatable bonds is 6. The molecular formula is C17H25N3O6S2. The Hall–Kier alpha value is -1.69. The van der Waals surface area contributed by atoms with Crippen LogP contribution in [0.3, 0.4) is 0 Å². The summed E-state index contributed by atoms with van der Waals surface area (Å²) in [4.78, 5) is 12.6. The van der Waals surface area contributed by atoms with Crippen LogP contribution in [0, 0.1) is 5.92 Å². The second-order valence-electron chi connectivity index (χ2n) is 6.84. The van der Waals surface area contributed by atoms with Crippen molar-refractivity contribution in [2.24, 2.45) is 5.92 Å². The third-order valence-corrected chi connectivity index (χ3v) is 8.49. The highest BCUT2D eigenvalue weighted by molar-refractivity contribution is 7.91. The molecule has 156 valence electrons. The molecule has 11 heteroatoms. The largest absolute Gasteiger partial charge is 0.384 e. The predicted octanol–water partition coefficient (Wildman–Crippen LogP) is 0.513. The summed E-state index contributed by atoms with van der Waals surface area (Å²) in [7, 11) is -6.90. The lowest BCUT2D eigenvalue weighted by Gasteiger charge is -2.26. The topological polar surface area (TPSA) is 122 Å². The van der Waals surface area contributed by atoms with E-state index in [2.05, 4.69) is 10.6 Å². The van der Waals surface area contributed by atoms with E-state index in [9.17, 15) is 21.6 Å². The van der Waals surface area contributed by atoms with Crippen LogP contribution >= 0.6 is 0 Å². The molecule has 2 aliphatic rings. The van der Waals surface area contributed by atoms with Crippen LogP contribution in [0.4, 0.5) is 11.4 Å². The maximum absolute atomic E-state index is 12.9. The van der Waals surface area contributed by atoms with Gasteiger partial charge in [-0.05, 0) is 31.5 Å². The van der Waals surface area contributed by atoms with Crippen LogP contribution in [-0.2, 0) is 29.4 Å². The van der Waals surface area contributed by atoms with Gasteiger partial charge >= 0.3 is 0 Å². The van der Waals surface area contributed by atoms with Crippen molar-refractivity contribution in [1.82, 2.24) is 4.31 Å². The van der Waals surface area contributed by atoms with Gasteiger partial charge in [-0.15, -0.1) is 0 Å². The van der Waals surface area contributed by atoms with Crippen LogP contribution in [0.15, 0.2) is 23.1 Å². The van der Waals surface area contributed by atoms with Gasteiger partial charge in [0.25, 0.3) is 0 Å². The summed E-state index contributed by atoms with van der Waals surface area (Å²) in [5.41, 5.74) is 0.906. The van der Waals surface area contributed by atoms with E-state index in [4.69, 9.17) is 4.74 Å². The smallest absolute Gasteiger partial charge is 0.243 e. The molecular weight excluding hydrogens is 406 g/mol. The van der Waals surface area contributed by atoms with Gasteiger partial charge < -0.3 is 15.4 Å². The van der Waals surface area contributed by atoms with E-state index in [1.807, 2.05) is 6.92 Å². The molecule has 3 rings (SSSR count). The zero-order chi connectivity index (χ0) is 20.4. The monoisotopic (exact) mass is 431 g/mol. The van der Waals surface area contributed by atoms with Gasteiger partial charge in [0.15, 0.2) is 9.84 Å². The van der Waals surface area contributed by atoms with Crippen LogP contribution in [0.25, 0.3) is 0 Å². The second kappa shape index (κ2) is 8.36. The van der Waals surface area contributed by atoms with Crippen LogP contribution in [-0.4, -0.2) is 71.4 Å². The predicted molar refractivity (Wildman–Crippen MR) is 106 cm³/mol. The van der Waals surface area contributed by atoms with Crippen molar-refractivity contribution in [2.75, 3.05) is 55.0 Å². The quantitative estimate of drug-likeness (QED) is 0.673. The van der Waals surface area contributed by atoms with Gasteiger partial charge in [-0.1, -0.05) is 0 Å². The Morgan fingerprint density at radius 3 is 2.57 bits per heavy atom. The molecule has 0 saturated carbocycles. The third kappa shape index (κ3) is 4.65. The van der Waals surface area contributed by atoms with Crippen LogP contribution in [0.2, 0.25) is 0 Å². The SMILES string of the molecule is CCNc1ccc(S(=O)(=O)N2CCOCC2)cc1NC(=O)[C@H]1CCS(=O)(=O)C1. The number of anilines is 2. The maximum Gasteiger partial charge on any atom is 0.243 e. The van der Waals surface area contributed by atoms with Gasteiger partial charge in [-0.3, -0.25) is 4.79 Å². The first-order chi connectivity index (χ1) is 13.2. The van der Waals surface area contributed by atoms with Gasteiger partial charge in [0.2, 0.25) is 15.9 Å². The number of morpholine rings is 1. The normalized spacial score (nSPS) is 22.7. The first kappa shape index (κ1) is 21.0. The number of nitrogens with zero attached hydrogens (tertiary/aromatic N) is 1. The number of hydrogen-bond acceptors (Lipinski definition) is 7. The molecule has 2 saturated heterocycles. The maximum atomic E-state index is 12.9. The summed E-state index contributed by atoms with van der Waals surface area (Å²) >= 11 is 0. The lowest BCUT2D eigenvalue weighted by molar-refractivity contribution is -0.119. The highest BCUT2D eigenvalue weighted by Crippen LogP contribution is 2.29. The molecule has 2 heterocycles. The Labute approximate surface area is 165 Å². The average Bonchev–Trinajstić information content (AvgIpc) is 3.04. The molecule has 0 aliphatic carbocycles. The first-order valence-corrected chi connectivity index (χ1v) is 12.5. The minimum atomic E-state index is -3.71. The van der Waals surface area contributed by atoms with Crippen molar-refractivity contribution in [2.45, 2.75) is 18.2 Å². The summed E-state index contributed by atoms with van der Waals surface area (Å²) in [5.74, 6) is -1.22. The van der Waals surface area contributed by atoms with E-state index >= 15 is 0 Å². The molecule has 2 aliphatic heterocycles. The van der Waals surface area contributed by atoms with Crippen molar-refractivity contribution < 1.29 is 26.4 Å². The molecule has 1 aromatic carbocycles. The molecule has 9 nitrogen and oxygen atoms in total. The third-order valence-electron chi connectivity index (χ3n) is 4.83. The Bertz CT molecular complexity index is 940. The van der Waals surface area contributed by atoms with E-state index in [0.29, 0.717) is 31.1 Å². The van der Waals surface area contributed by atoms with Gasteiger partial charge in [-0.2, -0.15) is 4.31 Å². The van der Waals surface area contributed by atoms with E-state index in [1.54, 1.807) is 6.07 Å². The molecule has 0 aromatic heterocycles. The Morgan fingerprint density at radius 2 is 1.96 bits per heavy atom. The number of sulfone groups is 1.